The van der Waals surface area contributed by atoms with Crippen LogP contribution in [0.4, 0.5) is 5.69 Å². The Bertz CT molecular complexity index is 693. The third kappa shape index (κ3) is 2.70. The Balaban J connectivity index is 1.79. The van der Waals surface area contributed by atoms with Gasteiger partial charge in [-0.3, -0.25) is 0 Å². The molecule has 0 spiro atoms. The van der Waals surface area contributed by atoms with Crippen molar-refractivity contribution in [3.63, 3.8) is 0 Å². The van der Waals surface area contributed by atoms with Gasteiger partial charge in [-0.2, -0.15) is 0 Å². The van der Waals surface area contributed by atoms with Gasteiger partial charge in [-0.05, 0) is 32.0 Å². The van der Waals surface area contributed by atoms with Crippen molar-refractivity contribution >= 4 is 17.0 Å². The molecule has 0 aliphatic rings. The first kappa shape index (κ1) is 12.8. The van der Waals surface area contributed by atoms with Crippen molar-refractivity contribution in [3.05, 3.63) is 46.7 Å². The Morgan fingerprint density at radius 1 is 1.35 bits per heavy atom. The van der Waals surface area contributed by atoms with Crippen LogP contribution in [-0.4, -0.2) is 15.2 Å². The summed E-state index contributed by atoms with van der Waals surface area (Å²) in [5.41, 5.74) is 2.95. The minimum absolute atomic E-state index is 0.151. The molecular formula is C14H14N4OS. The highest BCUT2D eigenvalue weighted by Gasteiger charge is 2.10. The van der Waals surface area contributed by atoms with E-state index in [9.17, 15) is 0 Å². The van der Waals surface area contributed by atoms with Gasteiger partial charge in [0.15, 0.2) is 0 Å². The lowest BCUT2D eigenvalue weighted by Crippen LogP contribution is -2.07. The molecule has 6 heteroatoms. The van der Waals surface area contributed by atoms with Gasteiger partial charge >= 0.3 is 0 Å². The van der Waals surface area contributed by atoms with E-state index in [2.05, 4.69) is 32.8 Å². The largest absolute Gasteiger partial charge is 0.423 e. The number of benzene rings is 1. The zero-order chi connectivity index (χ0) is 13.9. The average molecular weight is 286 g/mol. The summed E-state index contributed by atoms with van der Waals surface area (Å²) in [6, 6.07) is 8.05. The first-order valence-corrected chi connectivity index (χ1v) is 7.15. The Morgan fingerprint density at radius 2 is 2.25 bits per heavy atom. The molecule has 2 heterocycles. The Kier molecular flexibility index (Phi) is 3.47. The number of thiazole rings is 1. The quantitative estimate of drug-likeness (QED) is 0.792. The molecule has 0 saturated heterocycles. The number of aryl methyl sites for hydroxylation is 1. The van der Waals surface area contributed by atoms with E-state index < -0.39 is 0 Å². The lowest BCUT2D eigenvalue weighted by atomic mass is 10.1. The standard InChI is InChI=1S/C14H14N4OS/c1-9(13-7-20-10(2)17-13)16-12-5-3-4-11(6-12)14-18-15-8-19-14/h3-9,16H,1-2H3. The lowest BCUT2D eigenvalue weighted by Gasteiger charge is -2.13. The lowest BCUT2D eigenvalue weighted by molar-refractivity contribution is 0.568. The van der Waals surface area contributed by atoms with Gasteiger partial charge in [0.05, 0.1) is 16.7 Å². The maximum Gasteiger partial charge on any atom is 0.247 e. The van der Waals surface area contributed by atoms with Crippen molar-refractivity contribution in [2.75, 3.05) is 5.32 Å². The molecule has 0 aliphatic carbocycles. The monoisotopic (exact) mass is 286 g/mol. The molecule has 0 amide bonds. The second-order valence-electron chi connectivity index (χ2n) is 4.48. The van der Waals surface area contributed by atoms with E-state index in [1.165, 1.54) is 6.39 Å². The SMILES string of the molecule is Cc1nc(C(C)Nc2cccc(-c3nnco3)c2)cs1. The fourth-order valence-corrected chi connectivity index (χ4v) is 2.65. The number of nitrogens with one attached hydrogen (secondary N) is 1. The van der Waals surface area contributed by atoms with Crippen molar-refractivity contribution < 1.29 is 4.42 Å². The Morgan fingerprint density at radius 3 is 2.95 bits per heavy atom. The van der Waals surface area contributed by atoms with Crippen molar-refractivity contribution in [2.24, 2.45) is 0 Å². The Labute approximate surface area is 120 Å². The van der Waals surface area contributed by atoms with Gasteiger partial charge < -0.3 is 9.73 Å². The molecule has 0 bridgehead atoms. The maximum absolute atomic E-state index is 5.21. The fraction of sp³-hybridized carbons (Fsp3) is 0.214. The van der Waals surface area contributed by atoms with Gasteiger partial charge in [0.2, 0.25) is 12.3 Å². The normalized spacial score (nSPS) is 12.3. The minimum atomic E-state index is 0.151. The Hall–Kier alpha value is -2.21. The van der Waals surface area contributed by atoms with Crippen LogP contribution < -0.4 is 5.32 Å². The first-order valence-electron chi connectivity index (χ1n) is 6.27. The maximum atomic E-state index is 5.21. The molecule has 1 aromatic carbocycles. The highest BCUT2D eigenvalue weighted by Crippen LogP contribution is 2.24. The molecule has 102 valence electrons. The van der Waals surface area contributed by atoms with Crippen molar-refractivity contribution in [1.29, 1.82) is 0 Å². The summed E-state index contributed by atoms with van der Waals surface area (Å²) >= 11 is 1.66. The first-order chi connectivity index (χ1) is 9.72. The van der Waals surface area contributed by atoms with Crippen LogP contribution in [0.3, 0.4) is 0 Å². The number of hydrogen-bond donors (Lipinski definition) is 1. The molecule has 20 heavy (non-hydrogen) atoms. The van der Waals surface area contributed by atoms with E-state index in [4.69, 9.17) is 4.42 Å². The number of hydrogen-bond acceptors (Lipinski definition) is 6. The van der Waals surface area contributed by atoms with Gasteiger partial charge in [-0.25, -0.2) is 4.98 Å². The smallest absolute Gasteiger partial charge is 0.247 e. The van der Waals surface area contributed by atoms with Crippen LogP contribution in [0.15, 0.2) is 40.5 Å². The number of rotatable bonds is 4. The molecule has 1 N–H and O–H groups in total. The summed E-state index contributed by atoms with van der Waals surface area (Å²) < 4.78 is 5.21. The zero-order valence-corrected chi connectivity index (χ0v) is 12.0. The van der Waals surface area contributed by atoms with Gasteiger partial charge in [0, 0.05) is 16.6 Å². The van der Waals surface area contributed by atoms with Crippen LogP contribution in [0.5, 0.6) is 0 Å². The third-order valence-electron chi connectivity index (χ3n) is 2.93. The molecule has 3 rings (SSSR count). The van der Waals surface area contributed by atoms with Crippen molar-refractivity contribution in [3.8, 4) is 11.5 Å². The number of anilines is 1. The van der Waals surface area contributed by atoms with Gasteiger partial charge in [0.1, 0.15) is 0 Å². The van der Waals surface area contributed by atoms with Crippen molar-refractivity contribution in [2.45, 2.75) is 19.9 Å². The molecule has 2 aromatic heterocycles. The molecule has 0 aliphatic heterocycles. The number of nitrogens with zero attached hydrogens (tertiary/aromatic N) is 3. The summed E-state index contributed by atoms with van der Waals surface area (Å²) in [4.78, 5) is 4.49. The molecule has 1 unspecified atom stereocenters. The predicted octanol–water partition coefficient (Wildman–Crippen LogP) is 3.67. The second kappa shape index (κ2) is 5.42. The van der Waals surface area contributed by atoms with E-state index in [0.29, 0.717) is 5.89 Å². The summed E-state index contributed by atoms with van der Waals surface area (Å²) in [7, 11) is 0. The van der Waals surface area contributed by atoms with Crippen LogP contribution in [0.2, 0.25) is 0 Å². The van der Waals surface area contributed by atoms with Gasteiger partial charge in [0.25, 0.3) is 0 Å². The summed E-state index contributed by atoms with van der Waals surface area (Å²) in [6.45, 7) is 4.10. The van der Waals surface area contributed by atoms with E-state index in [0.717, 1.165) is 22.0 Å². The van der Waals surface area contributed by atoms with Crippen LogP contribution in [-0.2, 0) is 0 Å². The highest BCUT2D eigenvalue weighted by atomic mass is 32.1. The summed E-state index contributed by atoms with van der Waals surface area (Å²) in [5.74, 6) is 0.519. The average Bonchev–Trinajstić information content (AvgIpc) is 3.10. The highest BCUT2D eigenvalue weighted by molar-refractivity contribution is 7.09. The van der Waals surface area contributed by atoms with Crippen LogP contribution in [0.1, 0.15) is 23.7 Å². The third-order valence-corrected chi connectivity index (χ3v) is 3.72. The number of aromatic nitrogens is 3. The molecule has 1 atom stereocenters. The van der Waals surface area contributed by atoms with E-state index in [-0.39, 0.29) is 6.04 Å². The predicted molar refractivity (Wildman–Crippen MR) is 78.6 cm³/mol. The van der Waals surface area contributed by atoms with E-state index in [1.54, 1.807) is 11.3 Å². The second-order valence-corrected chi connectivity index (χ2v) is 5.54. The molecule has 5 nitrogen and oxygen atoms in total. The molecule has 0 radical (unpaired) electrons. The molecular weight excluding hydrogens is 272 g/mol. The zero-order valence-electron chi connectivity index (χ0n) is 11.2. The molecule has 0 fully saturated rings. The van der Waals surface area contributed by atoms with Crippen LogP contribution in [0.25, 0.3) is 11.5 Å². The topological polar surface area (TPSA) is 63.8 Å². The summed E-state index contributed by atoms with van der Waals surface area (Å²) in [5, 5.41) is 14.2. The van der Waals surface area contributed by atoms with E-state index >= 15 is 0 Å². The summed E-state index contributed by atoms with van der Waals surface area (Å²) in [6.07, 6.45) is 1.33. The van der Waals surface area contributed by atoms with Crippen molar-refractivity contribution in [1.82, 2.24) is 15.2 Å². The van der Waals surface area contributed by atoms with Crippen LogP contribution >= 0.6 is 11.3 Å². The van der Waals surface area contributed by atoms with Gasteiger partial charge in [-0.15, -0.1) is 21.5 Å². The van der Waals surface area contributed by atoms with Gasteiger partial charge in [-0.1, -0.05) is 6.07 Å². The molecule has 0 saturated carbocycles. The fourth-order valence-electron chi connectivity index (χ4n) is 1.94. The van der Waals surface area contributed by atoms with Crippen LogP contribution in [0, 0.1) is 6.92 Å². The minimum Gasteiger partial charge on any atom is -0.423 e. The van der Waals surface area contributed by atoms with E-state index in [1.807, 2.05) is 31.2 Å². The molecule has 3 aromatic rings.